The molecule has 1 atom stereocenters. The highest BCUT2D eigenvalue weighted by Gasteiger charge is 2.32. The summed E-state index contributed by atoms with van der Waals surface area (Å²) >= 11 is 0. The lowest BCUT2D eigenvalue weighted by atomic mass is 10.0. The van der Waals surface area contributed by atoms with Crippen LogP contribution in [0.25, 0.3) is 0 Å². The molecule has 11 nitrogen and oxygen atoms in total. The van der Waals surface area contributed by atoms with Crippen molar-refractivity contribution >= 4 is 41.1 Å². The Bertz CT molecular complexity index is 1450. The zero-order valence-electron chi connectivity index (χ0n) is 23.5. The molecular formula is C31H33N5O6. The van der Waals surface area contributed by atoms with Crippen molar-refractivity contribution in [3.8, 4) is 0 Å². The normalized spacial score (nSPS) is 13.5. The van der Waals surface area contributed by atoms with Crippen LogP contribution >= 0.6 is 0 Å². The minimum atomic E-state index is -0.685. The molecule has 0 radical (unpaired) electrons. The number of carbonyl (C=O) groups is 5. The molecule has 11 heteroatoms. The molecule has 0 saturated carbocycles. The van der Waals surface area contributed by atoms with Crippen LogP contribution in [0.1, 0.15) is 40.9 Å². The largest absolute Gasteiger partial charge is 0.466 e. The number of rotatable bonds is 10. The topological polar surface area (TPSA) is 137 Å². The number of hydrogen-bond donors (Lipinski definition) is 3. The monoisotopic (exact) mass is 571 g/mol. The van der Waals surface area contributed by atoms with Gasteiger partial charge < -0.3 is 30.5 Å². The van der Waals surface area contributed by atoms with Crippen LogP contribution in [0.2, 0.25) is 0 Å². The number of nitrogens with one attached hydrogen (secondary N) is 3. The molecule has 0 unspecified atom stereocenters. The van der Waals surface area contributed by atoms with Gasteiger partial charge in [-0.1, -0.05) is 60.7 Å². The van der Waals surface area contributed by atoms with Crippen molar-refractivity contribution in [1.29, 1.82) is 0 Å². The Morgan fingerprint density at radius 2 is 1.64 bits per heavy atom. The smallest absolute Gasteiger partial charge is 0.319 e. The number of anilines is 2. The van der Waals surface area contributed by atoms with Gasteiger partial charge in [-0.15, -0.1) is 0 Å². The highest BCUT2D eigenvalue weighted by atomic mass is 16.5. The minimum Gasteiger partial charge on any atom is -0.466 e. The van der Waals surface area contributed by atoms with E-state index in [2.05, 4.69) is 16.0 Å². The molecule has 0 bridgehead atoms. The summed E-state index contributed by atoms with van der Waals surface area (Å²) in [6.45, 7) is 1.47. The predicted octanol–water partition coefficient (Wildman–Crippen LogP) is 3.24. The fourth-order valence-electron chi connectivity index (χ4n) is 4.54. The third-order valence-electron chi connectivity index (χ3n) is 6.68. The van der Waals surface area contributed by atoms with Gasteiger partial charge in [-0.25, -0.2) is 4.79 Å². The highest BCUT2D eigenvalue weighted by molar-refractivity contribution is 6.11. The summed E-state index contributed by atoms with van der Waals surface area (Å²) in [4.78, 5) is 66.9. The second-order valence-corrected chi connectivity index (χ2v) is 9.68. The van der Waals surface area contributed by atoms with Gasteiger partial charge in [0.1, 0.15) is 13.1 Å². The Labute approximate surface area is 243 Å². The van der Waals surface area contributed by atoms with Crippen LogP contribution in [0.3, 0.4) is 0 Å². The predicted molar refractivity (Wildman–Crippen MR) is 157 cm³/mol. The van der Waals surface area contributed by atoms with Crippen molar-refractivity contribution in [1.82, 2.24) is 15.5 Å². The fraction of sp³-hybridized carbons (Fsp3) is 0.258. The molecule has 42 heavy (non-hydrogen) atoms. The third-order valence-corrected chi connectivity index (χ3v) is 6.68. The van der Waals surface area contributed by atoms with Crippen LogP contribution < -0.4 is 20.9 Å². The molecule has 1 aliphatic rings. The Kier molecular flexibility index (Phi) is 9.88. The molecule has 0 aliphatic carbocycles. The van der Waals surface area contributed by atoms with Crippen molar-refractivity contribution in [3.63, 3.8) is 0 Å². The van der Waals surface area contributed by atoms with Gasteiger partial charge in [0.25, 0.3) is 5.91 Å². The van der Waals surface area contributed by atoms with Crippen molar-refractivity contribution in [2.45, 2.75) is 25.9 Å². The summed E-state index contributed by atoms with van der Waals surface area (Å²) in [5.41, 5.74) is 2.48. The van der Waals surface area contributed by atoms with Crippen molar-refractivity contribution in [3.05, 3.63) is 95.6 Å². The molecule has 0 spiro atoms. The van der Waals surface area contributed by atoms with Crippen molar-refractivity contribution in [2.75, 3.05) is 37.0 Å². The maximum atomic E-state index is 13.6. The molecule has 3 aromatic rings. The van der Waals surface area contributed by atoms with E-state index in [9.17, 15) is 24.0 Å². The zero-order valence-corrected chi connectivity index (χ0v) is 23.5. The van der Waals surface area contributed by atoms with Gasteiger partial charge in [-0.05, 0) is 36.2 Å². The summed E-state index contributed by atoms with van der Waals surface area (Å²) in [7, 11) is 1.54. The van der Waals surface area contributed by atoms with E-state index in [1.807, 2.05) is 36.4 Å². The van der Waals surface area contributed by atoms with Gasteiger partial charge in [0.15, 0.2) is 0 Å². The highest BCUT2D eigenvalue weighted by Crippen LogP contribution is 2.28. The first-order chi connectivity index (χ1) is 20.2. The number of urea groups is 1. The SMILES string of the molecule is CCOC(=O)C[C@@H](NC(=O)CN1CC(=O)N(C)c2ccc(NC(=O)NCc3ccccc3)cc2C1=O)c1ccccc1. The minimum absolute atomic E-state index is 0.0938. The molecule has 1 heterocycles. The van der Waals surface area contributed by atoms with Gasteiger partial charge in [-0.3, -0.25) is 19.2 Å². The Morgan fingerprint density at radius 1 is 0.952 bits per heavy atom. The third kappa shape index (κ3) is 7.72. The van der Waals surface area contributed by atoms with Gasteiger partial charge in [0.05, 0.1) is 30.3 Å². The summed E-state index contributed by atoms with van der Waals surface area (Å²) in [5.74, 6) is -1.96. The van der Waals surface area contributed by atoms with Crippen molar-refractivity contribution in [2.24, 2.45) is 0 Å². The zero-order chi connectivity index (χ0) is 30.1. The van der Waals surface area contributed by atoms with E-state index < -0.39 is 36.4 Å². The molecule has 0 aromatic heterocycles. The molecule has 3 aromatic carbocycles. The first-order valence-electron chi connectivity index (χ1n) is 13.5. The number of fused-ring (bicyclic) bond motifs is 1. The lowest BCUT2D eigenvalue weighted by Crippen LogP contribution is -2.44. The number of likely N-dealkylation sites (N-methyl/N-ethyl adjacent to an activating group) is 1. The Balaban J connectivity index is 1.47. The van der Waals surface area contributed by atoms with Crippen molar-refractivity contribution < 1.29 is 28.7 Å². The van der Waals surface area contributed by atoms with Crippen LogP contribution in [-0.2, 0) is 25.7 Å². The van der Waals surface area contributed by atoms with Crippen LogP contribution in [-0.4, -0.2) is 61.4 Å². The second kappa shape index (κ2) is 13.9. The second-order valence-electron chi connectivity index (χ2n) is 9.68. The van der Waals surface area contributed by atoms with Crippen LogP contribution in [0.5, 0.6) is 0 Å². The molecule has 1 aliphatic heterocycles. The molecule has 3 N–H and O–H groups in total. The summed E-state index contributed by atoms with van der Waals surface area (Å²) in [5, 5.41) is 8.27. The Hall–Kier alpha value is -5.19. The number of ether oxygens (including phenoxy) is 1. The first kappa shape index (κ1) is 29.8. The number of nitrogens with zero attached hydrogens (tertiary/aromatic N) is 2. The molecule has 0 fully saturated rings. The van der Waals surface area contributed by atoms with E-state index in [-0.39, 0.29) is 31.0 Å². The molecule has 0 saturated heterocycles. The van der Waals surface area contributed by atoms with Crippen LogP contribution in [0.4, 0.5) is 16.2 Å². The quantitative estimate of drug-likeness (QED) is 0.320. The number of benzene rings is 3. The molecule has 5 amide bonds. The van der Waals surface area contributed by atoms with E-state index in [0.29, 0.717) is 23.5 Å². The van der Waals surface area contributed by atoms with E-state index in [1.165, 1.54) is 11.0 Å². The summed E-state index contributed by atoms with van der Waals surface area (Å²) in [6.07, 6.45) is -0.0938. The van der Waals surface area contributed by atoms with Gasteiger partial charge >= 0.3 is 12.0 Å². The number of hydrogen-bond acceptors (Lipinski definition) is 6. The number of amides is 5. The van der Waals surface area contributed by atoms with Gasteiger partial charge in [0.2, 0.25) is 11.8 Å². The maximum Gasteiger partial charge on any atom is 0.319 e. The summed E-state index contributed by atoms with van der Waals surface area (Å²) < 4.78 is 5.06. The van der Waals surface area contributed by atoms with E-state index in [0.717, 1.165) is 10.5 Å². The lowest BCUT2D eigenvalue weighted by Gasteiger charge is -2.23. The van der Waals surface area contributed by atoms with E-state index >= 15 is 0 Å². The molecule has 4 rings (SSSR count). The molecule has 218 valence electrons. The van der Waals surface area contributed by atoms with Crippen LogP contribution in [0, 0.1) is 0 Å². The van der Waals surface area contributed by atoms with E-state index in [4.69, 9.17) is 4.74 Å². The average molecular weight is 572 g/mol. The Morgan fingerprint density at radius 3 is 2.33 bits per heavy atom. The lowest BCUT2D eigenvalue weighted by molar-refractivity contribution is -0.143. The standard InChI is InChI=1S/C31H33N5O6/c1-3-42-29(39)17-25(22-12-8-5-9-13-22)34-27(37)19-36-20-28(38)35(2)26-15-14-23(16-24(26)30(36)40)33-31(41)32-18-21-10-6-4-7-11-21/h4-16,25H,3,17-20H2,1-2H3,(H,34,37)(H2,32,33,41)/t25-/m1/s1. The first-order valence-corrected chi connectivity index (χ1v) is 13.5. The molecular weight excluding hydrogens is 538 g/mol. The fourth-order valence-corrected chi connectivity index (χ4v) is 4.54. The van der Waals surface area contributed by atoms with Gasteiger partial charge in [-0.2, -0.15) is 0 Å². The van der Waals surface area contributed by atoms with Gasteiger partial charge in [0, 0.05) is 19.3 Å². The average Bonchev–Trinajstić information content (AvgIpc) is 3.07. The summed E-state index contributed by atoms with van der Waals surface area (Å²) in [6, 6.07) is 21.9. The van der Waals surface area contributed by atoms with E-state index in [1.54, 1.807) is 50.4 Å². The maximum absolute atomic E-state index is 13.6. The van der Waals surface area contributed by atoms with Crippen LogP contribution in [0.15, 0.2) is 78.9 Å². The number of esters is 1. The number of carbonyl (C=O) groups excluding carboxylic acids is 5.